The van der Waals surface area contributed by atoms with Crippen LogP contribution in [0.25, 0.3) is 10.8 Å². The van der Waals surface area contributed by atoms with Gasteiger partial charge in [0.05, 0.1) is 0 Å². The van der Waals surface area contributed by atoms with Crippen molar-refractivity contribution in [3.8, 4) is 0 Å². The first-order valence-corrected chi connectivity index (χ1v) is 5.99. The smallest absolute Gasteiger partial charge is 0.207 e. The van der Waals surface area contributed by atoms with E-state index < -0.39 is 0 Å². The lowest BCUT2D eigenvalue weighted by Crippen LogP contribution is -2.01. The second kappa shape index (κ2) is 4.49. The van der Waals surface area contributed by atoms with E-state index in [0.29, 0.717) is 0 Å². The van der Waals surface area contributed by atoms with Crippen LogP contribution >= 0.6 is 0 Å². The molecule has 2 aromatic heterocycles. The highest BCUT2D eigenvalue weighted by Crippen LogP contribution is 2.24. The van der Waals surface area contributed by atoms with E-state index in [0.717, 1.165) is 29.0 Å². The molecule has 0 fully saturated rings. The number of rotatable bonds is 3. The molecule has 0 aliphatic heterocycles. The van der Waals surface area contributed by atoms with Gasteiger partial charge in [0.25, 0.3) is 0 Å². The Morgan fingerprint density at radius 3 is 3.06 bits per heavy atom. The Hall–Kier alpha value is -2.36. The van der Waals surface area contributed by atoms with E-state index in [2.05, 4.69) is 38.9 Å². The van der Waals surface area contributed by atoms with E-state index in [1.165, 1.54) is 0 Å². The third-order valence-electron chi connectivity index (χ3n) is 2.98. The van der Waals surface area contributed by atoms with E-state index in [-0.39, 0.29) is 0 Å². The molecule has 90 valence electrons. The molecule has 0 unspecified atom stereocenters. The van der Waals surface area contributed by atoms with Crippen molar-refractivity contribution in [1.82, 2.24) is 14.5 Å². The van der Waals surface area contributed by atoms with Gasteiger partial charge in [0.2, 0.25) is 5.95 Å². The molecule has 3 aromatic rings. The largest absolute Gasteiger partial charge is 0.325 e. The number of pyridine rings is 1. The summed E-state index contributed by atoms with van der Waals surface area (Å²) < 4.78 is 2.07. The highest BCUT2D eigenvalue weighted by molar-refractivity contribution is 5.94. The first kappa shape index (κ1) is 10.8. The van der Waals surface area contributed by atoms with Crippen molar-refractivity contribution in [2.24, 2.45) is 0 Å². The summed E-state index contributed by atoms with van der Waals surface area (Å²) in [4.78, 5) is 8.46. The van der Waals surface area contributed by atoms with Crippen LogP contribution in [-0.4, -0.2) is 14.5 Å². The fourth-order valence-corrected chi connectivity index (χ4v) is 2.04. The van der Waals surface area contributed by atoms with Gasteiger partial charge in [0.15, 0.2) is 0 Å². The average Bonchev–Trinajstić information content (AvgIpc) is 2.86. The molecule has 3 rings (SSSR count). The quantitative estimate of drug-likeness (QED) is 0.762. The van der Waals surface area contributed by atoms with Crippen LogP contribution in [0.5, 0.6) is 0 Å². The predicted octanol–water partition coefficient (Wildman–Crippen LogP) is 3.19. The summed E-state index contributed by atoms with van der Waals surface area (Å²) in [5.74, 6) is 0.863. The van der Waals surface area contributed by atoms with Gasteiger partial charge in [0.1, 0.15) is 0 Å². The zero-order valence-corrected chi connectivity index (χ0v) is 10.2. The summed E-state index contributed by atoms with van der Waals surface area (Å²) in [7, 11) is 0. The fraction of sp³-hybridized carbons (Fsp3) is 0.143. The van der Waals surface area contributed by atoms with Gasteiger partial charge in [-0.25, -0.2) is 4.98 Å². The Morgan fingerprint density at radius 2 is 2.17 bits per heavy atom. The second-order valence-electron chi connectivity index (χ2n) is 4.06. The van der Waals surface area contributed by atoms with Gasteiger partial charge in [-0.1, -0.05) is 12.1 Å². The minimum atomic E-state index is 0.863. The minimum Gasteiger partial charge on any atom is -0.325 e. The van der Waals surface area contributed by atoms with E-state index >= 15 is 0 Å². The lowest BCUT2D eigenvalue weighted by atomic mass is 10.1. The van der Waals surface area contributed by atoms with Crippen molar-refractivity contribution in [3.63, 3.8) is 0 Å². The van der Waals surface area contributed by atoms with Crippen molar-refractivity contribution in [3.05, 3.63) is 49.1 Å². The third-order valence-corrected chi connectivity index (χ3v) is 2.98. The highest BCUT2D eigenvalue weighted by atomic mass is 15.2. The number of aryl methyl sites for hydroxylation is 1. The van der Waals surface area contributed by atoms with E-state index in [1.54, 1.807) is 12.4 Å². The van der Waals surface area contributed by atoms with Gasteiger partial charge in [0, 0.05) is 47.8 Å². The van der Waals surface area contributed by atoms with Crippen LogP contribution in [0.3, 0.4) is 0 Å². The maximum Gasteiger partial charge on any atom is 0.207 e. The topological polar surface area (TPSA) is 42.7 Å². The Kier molecular flexibility index (Phi) is 2.68. The lowest BCUT2D eigenvalue weighted by Gasteiger charge is -2.10. The molecule has 18 heavy (non-hydrogen) atoms. The molecule has 1 N–H and O–H groups in total. The van der Waals surface area contributed by atoms with Crippen LogP contribution in [-0.2, 0) is 6.54 Å². The van der Waals surface area contributed by atoms with E-state index in [9.17, 15) is 0 Å². The molecular formula is C14H14N4. The van der Waals surface area contributed by atoms with Crippen molar-refractivity contribution < 1.29 is 0 Å². The molecule has 0 aliphatic carbocycles. The minimum absolute atomic E-state index is 0.863. The molecule has 0 bridgehead atoms. The van der Waals surface area contributed by atoms with Gasteiger partial charge >= 0.3 is 0 Å². The molecule has 0 radical (unpaired) electrons. The Balaban J connectivity index is 2.05. The van der Waals surface area contributed by atoms with Crippen molar-refractivity contribution in [1.29, 1.82) is 0 Å². The number of nitrogens with zero attached hydrogens (tertiary/aromatic N) is 3. The molecule has 0 aliphatic rings. The monoisotopic (exact) mass is 238 g/mol. The number of nitrogens with one attached hydrogen (secondary N) is 1. The fourth-order valence-electron chi connectivity index (χ4n) is 2.04. The molecular weight excluding hydrogens is 224 g/mol. The normalized spacial score (nSPS) is 10.7. The molecule has 0 amide bonds. The maximum atomic E-state index is 4.33. The Bertz CT molecular complexity index is 667. The summed E-state index contributed by atoms with van der Waals surface area (Å²) in [6.07, 6.45) is 7.44. The van der Waals surface area contributed by atoms with Gasteiger partial charge in [-0.3, -0.25) is 4.98 Å². The summed E-state index contributed by atoms with van der Waals surface area (Å²) in [6, 6.07) is 8.14. The Morgan fingerprint density at radius 1 is 1.22 bits per heavy atom. The summed E-state index contributed by atoms with van der Waals surface area (Å²) in [5.41, 5.74) is 1.05. The van der Waals surface area contributed by atoms with Crippen molar-refractivity contribution >= 4 is 22.4 Å². The number of hydrogen-bond acceptors (Lipinski definition) is 3. The van der Waals surface area contributed by atoms with Gasteiger partial charge in [-0.2, -0.15) is 0 Å². The van der Waals surface area contributed by atoms with E-state index in [1.807, 2.05) is 24.5 Å². The molecule has 1 aromatic carbocycles. The zero-order valence-electron chi connectivity index (χ0n) is 10.2. The average molecular weight is 238 g/mol. The summed E-state index contributed by atoms with van der Waals surface area (Å²) in [6.45, 7) is 2.99. The lowest BCUT2D eigenvalue weighted by molar-refractivity contribution is 0.772. The number of imidazole rings is 1. The van der Waals surface area contributed by atoms with Crippen LogP contribution in [0.4, 0.5) is 11.6 Å². The molecule has 4 nitrogen and oxygen atoms in total. The third kappa shape index (κ3) is 1.82. The standard InChI is InChI=1S/C14H14N4/c1-2-18-9-8-16-14(18)17-13-5-3-4-11-10-15-7-6-12(11)13/h3-10H,2H2,1H3,(H,16,17). The van der Waals surface area contributed by atoms with Crippen LogP contribution in [0.1, 0.15) is 6.92 Å². The first-order chi connectivity index (χ1) is 8.88. The number of benzene rings is 1. The second-order valence-corrected chi connectivity index (χ2v) is 4.06. The van der Waals surface area contributed by atoms with Gasteiger partial charge in [-0.05, 0) is 19.1 Å². The maximum absolute atomic E-state index is 4.33. The van der Waals surface area contributed by atoms with Gasteiger partial charge in [-0.15, -0.1) is 0 Å². The summed E-state index contributed by atoms with van der Waals surface area (Å²) >= 11 is 0. The Labute approximate surface area is 105 Å². The molecule has 2 heterocycles. The SMILES string of the molecule is CCn1ccnc1Nc1cccc2cnccc12. The molecule has 0 saturated heterocycles. The zero-order chi connectivity index (χ0) is 12.4. The number of aromatic nitrogens is 3. The van der Waals surface area contributed by atoms with Crippen LogP contribution in [0, 0.1) is 0 Å². The summed E-state index contributed by atoms with van der Waals surface area (Å²) in [5, 5.41) is 5.64. The predicted molar refractivity (Wildman–Crippen MR) is 72.9 cm³/mol. The molecule has 0 atom stereocenters. The highest BCUT2D eigenvalue weighted by Gasteiger charge is 2.04. The van der Waals surface area contributed by atoms with Crippen LogP contribution in [0.2, 0.25) is 0 Å². The van der Waals surface area contributed by atoms with Crippen LogP contribution in [0.15, 0.2) is 49.1 Å². The number of fused-ring (bicyclic) bond motifs is 1. The van der Waals surface area contributed by atoms with Gasteiger partial charge < -0.3 is 9.88 Å². The van der Waals surface area contributed by atoms with Crippen LogP contribution < -0.4 is 5.32 Å². The first-order valence-electron chi connectivity index (χ1n) is 5.99. The number of hydrogen-bond donors (Lipinski definition) is 1. The molecule has 0 saturated carbocycles. The van der Waals surface area contributed by atoms with Crippen molar-refractivity contribution in [2.75, 3.05) is 5.32 Å². The number of anilines is 2. The van der Waals surface area contributed by atoms with E-state index in [4.69, 9.17) is 0 Å². The van der Waals surface area contributed by atoms with Crippen molar-refractivity contribution in [2.45, 2.75) is 13.5 Å². The molecule has 4 heteroatoms. The molecule has 0 spiro atoms.